The minimum Gasteiger partial charge on any atom is -0.464 e. The molecule has 0 amide bonds. The Kier molecular flexibility index (Phi) is 5.32. The van der Waals surface area contributed by atoms with Crippen LogP contribution in [0.1, 0.15) is 37.3 Å². The lowest BCUT2D eigenvalue weighted by Crippen LogP contribution is -2.43. The van der Waals surface area contributed by atoms with Gasteiger partial charge in [0.15, 0.2) is 0 Å². The highest BCUT2D eigenvalue weighted by Gasteiger charge is 2.48. The largest absolute Gasteiger partial charge is 0.464 e. The molecule has 1 N–H and O–H groups in total. The van der Waals surface area contributed by atoms with Gasteiger partial charge in [-0.1, -0.05) is 6.92 Å². The average molecular weight is 330 g/mol. The number of nitrogens with one attached hydrogen (secondary N) is 1. The molecule has 0 aliphatic heterocycles. The van der Waals surface area contributed by atoms with E-state index in [1.54, 1.807) is 7.11 Å². The van der Waals surface area contributed by atoms with E-state index in [-0.39, 0.29) is 17.9 Å². The van der Waals surface area contributed by atoms with Crippen LogP contribution in [-0.2, 0) is 21.2 Å². The minimum atomic E-state index is -3.42. The Bertz CT molecular complexity index is 590. The second-order valence-corrected chi connectivity index (χ2v) is 7.92. The Labute approximate surface area is 132 Å². The second-order valence-electron chi connectivity index (χ2n) is 6.16. The standard InChI is InChI=1S/C15H26N2O4S/c1-5-12-6-7-14(21-12)13(10-20-4)16-22(18,19)11-15(8-9-15)17(2)3/h6-7,13,16H,5,8-11H2,1-4H3/t13-/m1/s1. The van der Waals surface area contributed by atoms with Crippen molar-refractivity contribution in [1.29, 1.82) is 0 Å². The lowest BCUT2D eigenvalue weighted by molar-refractivity contribution is 0.165. The van der Waals surface area contributed by atoms with Crippen molar-refractivity contribution in [1.82, 2.24) is 9.62 Å². The van der Waals surface area contributed by atoms with Crippen molar-refractivity contribution >= 4 is 10.0 Å². The highest BCUT2D eigenvalue weighted by molar-refractivity contribution is 7.89. The second kappa shape index (κ2) is 6.70. The summed E-state index contributed by atoms with van der Waals surface area (Å²) in [5.41, 5.74) is -0.221. The van der Waals surface area contributed by atoms with Gasteiger partial charge in [0.2, 0.25) is 10.0 Å². The molecular formula is C15H26N2O4S. The predicted molar refractivity (Wildman–Crippen MR) is 85.3 cm³/mol. The summed E-state index contributed by atoms with van der Waals surface area (Å²) < 4.78 is 38.5. The monoisotopic (exact) mass is 330 g/mol. The summed E-state index contributed by atoms with van der Waals surface area (Å²) in [5, 5.41) is 0. The van der Waals surface area contributed by atoms with E-state index in [0.29, 0.717) is 5.76 Å². The van der Waals surface area contributed by atoms with Gasteiger partial charge in [0.25, 0.3) is 0 Å². The maximum atomic E-state index is 12.5. The first-order chi connectivity index (χ1) is 10.3. The molecule has 0 saturated heterocycles. The van der Waals surface area contributed by atoms with Crippen LogP contribution in [-0.4, -0.2) is 52.4 Å². The Balaban J connectivity index is 2.09. The smallest absolute Gasteiger partial charge is 0.214 e. The number of hydrogen-bond acceptors (Lipinski definition) is 5. The van der Waals surface area contributed by atoms with E-state index in [9.17, 15) is 8.42 Å². The van der Waals surface area contributed by atoms with Crippen LogP contribution in [0.3, 0.4) is 0 Å². The van der Waals surface area contributed by atoms with E-state index in [1.165, 1.54) is 0 Å². The molecule has 1 aliphatic rings. The first-order valence-electron chi connectivity index (χ1n) is 7.57. The van der Waals surface area contributed by atoms with Crippen LogP contribution >= 0.6 is 0 Å². The molecule has 0 unspecified atom stereocenters. The van der Waals surface area contributed by atoms with Crippen LogP contribution in [0.4, 0.5) is 0 Å². The van der Waals surface area contributed by atoms with Crippen LogP contribution < -0.4 is 4.72 Å². The van der Waals surface area contributed by atoms with Crippen LogP contribution in [0.15, 0.2) is 16.5 Å². The molecule has 7 heteroatoms. The van der Waals surface area contributed by atoms with Gasteiger partial charge in [-0.05, 0) is 39.1 Å². The molecule has 1 aromatic rings. The van der Waals surface area contributed by atoms with Crippen LogP contribution in [0, 0.1) is 0 Å². The van der Waals surface area contributed by atoms with Gasteiger partial charge >= 0.3 is 0 Å². The van der Waals surface area contributed by atoms with E-state index >= 15 is 0 Å². The van der Waals surface area contributed by atoms with Crippen molar-refractivity contribution in [2.45, 2.75) is 37.8 Å². The fourth-order valence-electron chi connectivity index (χ4n) is 2.59. The first-order valence-corrected chi connectivity index (χ1v) is 9.22. The molecule has 0 radical (unpaired) electrons. The molecule has 0 bridgehead atoms. The number of ether oxygens (including phenoxy) is 1. The molecule has 2 rings (SSSR count). The number of nitrogens with zero attached hydrogens (tertiary/aromatic N) is 1. The summed E-state index contributed by atoms with van der Waals surface area (Å²) in [6.45, 7) is 2.23. The van der Waals surface area contributed by atoms with E-state index < -0.39 is 16.1 Å². The SMILES string of the molecule is CCc1ccc([C@@H](COC)NS(=O)(=O)CC2(N(C)C)CC2)o1. The van der Waals surface area contributed by atoms with E-state index in [4.69, 9.17) is 9.15 Å². The molecule has 126 valence electrons. The number of sulfonamides is 1. The summed E-state index contributed by atoms with van der Waals surface area (Å²) in [7, 11) is 1.98. The van der Waals surface area contributed by atoms with Crippen molar-refractivity contribution < 1.29 is 17.6 Å². The molecule has 1 aromatic heterocycles. The topological polar surface area (TPSA) is 71.8 Å². The minimum absolute atomic E-state index is 0.106. The number of aryl methyl sites for hydroxylation is 1. The van der Waals surface area contributed by atoms with Gasteiger partial charge in [-0.2, -0.15) is 0 Å². The molecule has 22 heavy (non-hydrogen) atoms. The molecule has 0 spiro atoms. The Morgan fingerprint density at radius 2 is 2.09 bits per heavy atom. The molecule has 1 heterocycles. The van der Waals surface area contributed by atoms with E-state index in [0.717, 1.165) is 25.0 Å². The van der Waals surface area contributed by atoms with Crippen molar-refractivity contribution in [3.05, 3.63) is 23.7 Å². The quantitative estimate of drug-likeness (QED) is 0.744. The third-order valence-electron chi connectivity index (χ3n) is 4.26. The zero-order chi connectivity index (χ0) is 16.4. The summed E-state index contributed by atoms with van der Waals surface area (Å²) in [5.74, 6) is 1.54. The highest BCUT2D eigenvalue weighted by atomic mass is 32.2. The Morgan fingerprint density at radius 3 is 2.55 bits per heavy atom. The van der Waals surface area contributed by atoms with Crippen molar-refractivity contribution in [3.8, 4) is 0 Å². The number of furan rings is 1. The summed E-state index contributed by atoms with van der Waals surface area (Å²) in [6, 6.07) is 3.19. The average Bonchev–Trinajstić information content (AvgIpc) is 3.04. The Morgan fingerprint density at radius 1 is 1.41 bits per heavy atom. The van der Waals surface area contributed by atoms with Gasteiger partial charge in [0.1, 0.15) is 17.6 Å². The zero-order valence-electron chi connectivity index (χ0n) is 13.8. The molecule has 6 nitrogen and oxygen atoms in total. The van der Waals surface area contributed by atoms with Crippen LogP contribution in [0.5, 0.6) is 0 Å². The normalized spacial score (nSPS) is 18.6. The first kappa shape index (κ1) is 17.5. The molecule has 1 aliphatic carbocycles. The zero-order valence-corrected chi connectivity index (χ0v) is 14.6. The highest BCUT2D eigenvalue weighted by Crippen LogP contribution is 2.41. The maximum Gasteiger partial charge on any atom is 0.214 e. The number of methoxy groups -OCH3 is 1. The molecule has 1 atom stereocenters. The van der Waals surface area contributed by atoms with Gasteiger partial charge in [-0.15, -0.1) is 0 Å². The van der Waals surface area contributed by atoms with Gasteiger partial charge < -0.3 is 14.1 Å². The molecular weight excluding hydrogens is 304 g/mol. The van der Waals surface area contributed by atoms with Crippen LogP contribution in [0.25, 0.3) is 0 Å². The van der Waals surface area contributed by atoms with Gasteiger partial charge in [0, 0.05) is 19.1 Å². The Hall–Kier alpha value is -0.890. The van der Waals surface area contributed by atoms with Crippen molar-refractivity contribution in [2.75, 3.05) is 33.6 Å². The maximum absolute atomic E-state index is 12.5. The predicted octanol–water partition coefficient (Wildman–Crippen LogP) is 1.54. The van der Waals surface area contributed by atoms with E-state index in [1.807, 2.05) is 38.1 Å². The lowest BCUT2D eigenvalue weighted by Gasteiger charge is -2.25. The summed E-state index contributed by atoms with van der Waals surface area (Å²) >= 11 is 0. The van der Waals surface area contributed by atoms with Gasteiger partial charge in [-0.3, -0.25) is 0 Å². The molecule has 1 saturated carbocycles. The number of hydrogen-bond donors (Lipinski definition) is 1. The lowest BCUT2D eigenvalue weighted by atomic mass is 10.2. The van der Waals surface area contributed by atoms with Crippen molar-refractivity contribution in [3.63, 3.8) is 0 Å². The summed E-state index contributed by atoms with van der Waals surface area (Å²) in [4.78, 5) is 2.00. The molecule has 0 aromatic carbocycles. The molecule has 1 fully saturated rings. The van der Waals surface area contributed by atoms with Gasteiger partial charge in [-0.25, -0.2) is 13.1 Å². The third-order valence-corrected chi connectivity index (χ3v) is 5.83. The number of rotatable bonds is 9. The van der Waals surface area contributed by atoms with Gasteiger partial charge in [0.05, 0.1) is 12.4 Å². The van der Waals surface area contributed by atoms with E-state index in [2.05, 4.69) is 4.72 Å². The fourth-order valence-corrected chi connectivity index (χ4v) is 4.55. The van der Waals surface area contributed by atoms with Crippen LogP contribution in [0.2, 0.25) is 0 Å². The summed E-state index contributed by atoms with van der Waals surface area (Å²) in [6.07, 6.45) is 2.60. The fraction of sp³-hybridized carbons (Fsp3) is 0.733. The van der Waals surface area contributed by atoms with Crippen molar-refractivity contribution in [2.24, 2.45) is 0 Å². The third kappa shape index (κ3) is 4.10.